The van der Waals surface area contributed by atoms with Crippen LogP contribution in [0.4, 0.5) is 11.4 Å². The summed E-state index contributed by atoms with van der Waals surface area (Å²) < 4.78 is 0. The van der Waals surface area contributed by atoms with Gasteiger partial charge in [-0.25, -0.2) is 0 Å². The maximum absolute atomic E-state index is 11.0. The molecule has 0 fully saturated rings. The molecule has 0 aliphatic heterocycles. The fourth-order valence-corrected chi connectivity index (χ4v) is 1.66. The molecule has 4 N–H and O–H groups in total. The first-order valence-electron chi connectivity index (χ1n) is 5.76. The molecule has 0 radical (unpaired) electrons. The summed E-state index contributed by atoms with van der Waals surface area (Å²) in [7, 11) is 3.32. The Hall–Kier alpha value is -1.86. The van der Waals surface area contributed by atoms with Gasteiger partial charge in [-0.2, -0.15) is 0 Å². The summed E-state index contributed by atoms with van der Waals surface area (Å²) in [6.07, 6.45) is 0. The molecule has 1 aromatic rings. The molecule has 20 heavy (non-hydrogen) atoms. The van der Waals surface area contributed by atoms with Crippen molar-refractivity contribution in [1.29, 1.82) is 0 Å². The largest absolute Gasteiger partial charge is 0.365 e. The van der Waals surface area contributed by atoms with Crippen LogP contribution < -0.4 is 21.3 Å². The van der Waals surface area contributed by atoms with Crippen molar-refractivity contribution in [1.82, 2.24) is 10.6 Å². The number of carbonyl (C=O) groups excluding carboxylic acids is 1. The standard InChI is InChI=1S/C12H16ClN5OS/c1-7(19)16-8-4-5-10(9(13)6-8)17-11(14-2)18-12(20)15-3/h4-6H,1-3H3,(H,16,19)(H3,14,15,17,18,20). The van der Waals surface area contributed by atoms with Crippen molar-refractivity contribution in [2.24, 2.45) is 4.99 Å². The third-order valence-corrected chi connectivity index (χ3v) is 2.84. The first-order valence-corrected chi connectivity index (χ1v) is 6.54. The van der Waals surface area contributed by atoms with Gasteiger partial charge in [-0.3, -0.25) is 9.79 Å². The molecular weight excluding hydrogens is 298 g/mol. The highest BCUT2D eigenvalue weighted by atomic mass is 35.5. The Morgan fingerprint density at radius 2 is 2.05 bits per heavy atom. The fraction of sp³-hybridized carbons (Fsp3) is 0.250. The van der Waals surface area contributed by atoms with Crippen LogP contribution in [0.15, 0.2) is 23.2 Å². The molecule has 0 aliphatic carbocycles. The van der Waals surface area contributed by atoms with E-state index in [0.717, 1.165) is 0 Å². The zero-order chi connectivity index (χ0) is 15.1. The number of thiocarbonyl (C=S) groups is 1. The number of halogens is 1. The molecule has 0 atom stereocenters. The van der Waals surface area contributed by atoms with Gasteiger partial charge in [0.1, 0.15) is 0 Å². The number of nitrogens with zero attached hydrogens (tertiary/aromatic N) is 1. The van der Waals surface area contributed by atoms with E-state index >= 15 is 0 Å². The van der Waals surface area contributed by atoms with E-state index in [1.54, 1.807) is 32.3 Å². The van der Waals surface area contributed by atoms with Crippen LogP contribution in [0.3, 0.4) is 0 Å². The van der Waals surface area contributed by atoms with Crippen LogP contribution in [0.25, 0.3) is 0 Å². The number of nitrogens with one attached hydrogen (secondary N) is 4. The molecule has 1 amide bonds. The van der Waals surface area contributed by atoms with Gasteiger partial charge in [0.2, 0.25) is 11.9 Å². The number of hydrogen-bond donors (Lipinski definition) is 4. The minimum Gasteiger partial charge on any atom is -0.365 e. The fourth-order valence-electron chi connectivity index (χ4n) is 1.34. The number of carbonyl (C=O) groups is 1. The highest BCUT2D eigenvalue weighted by Crippen LogP contribution is 2.25. The number of anilines is 2. The lowest BCUT2D eigenvalue weighted by Crippen LogP contribution is -2.41. The summed E-state index contributed by atoms with van der Waals surface area (Å²) in [6.45, 7) is 1.44. The van der Waals surface area contributed by atoms with Gasteiger partial charge >= 0.3 is 0 Å². The van der Waals surface area contributed by atoms with Gasteiger partial charge in [0, 0.05) is 26.7 Å². The van der Waals surface area contributed by atoms with Gasteiger partial charge in [-0.15, -0.1) is 0 Å². The van der Waals surface area contributed by atoms with Gasteiger partial charge in [-0.1, -0.05) is 11.6 Å². The van der Waals surface area contributed by atoms with Crippen molar-refractivity contribution in [3.05, 3.63) is 23.2 Å². The number of rotatable bonds is 2. The van der Waals surface area contributed by atoms with E-state index in [9.17, 15) is 4.79 Å². The topological polar surface area (TPSA) is 77.6 Å². The van der Waals surface area contributed by atoms with Crippen LogP contribution in [0.5, 0.6) is 0 Å². The second-order valence-electron chi connectivity index (χ2n) is 3.78. The predicted molar refractivity (Wildman–Crippen MR) is 87.5 cm³/mol. The zero-order valence-corrected chi connectivity index (χ0v) is 12.9. The van der Waals surface area contributed by atoms with Crippen LogP contribution in [-0.2, 0) is 4.79 Å². The van der Waals surface area contributed by atoms with Crippen molar-refractivity contribution in [2.45, 2.75) is 6.92 Å². The van der Waals surface area contributed by atoms with Gasteiger partial charge in [-0.05, 0) is 30.4 Å². The van der Waals surface area contributed by atoms with Gasteiger partial charge < -0.3 is 21.3 Å². The van der Waals surface area contributed by atoms with Crippen LogP contribution in [0, 0.1) is 0 Å². The van der Waals surface area contributed by atoms with Crippen molar-refractivity contribution in [3.63, 3.8) is 0 Å². The second-order valence-corrected chi connectivity index (χ2v) is 4.59. The lowest BCUT2D eigenvalue weighted by molar-refractivity contribution is -0.114. The SMILES string of the molecule is CN=C(NC(=S)NC)Nc1ccc(NC(C)=O)cc1Cl. The lowest BCUT2D eigenvalue weighted by atomic mass is 10.2. The molecule has 6 nitrogen and oxygen atoms in total. The lowest BCUT2D eigenvalue weighted by Gasteiger charge is -2.14. The molecule has 0 saturated carbocycles. The third-order valence-electron chi connectivity index (χ3n) is 2.23. The average Bonchev–Trinajstić information content (AvgIpc) is 2.39. The molecule has 0 bridgehead atoms. The quantitative estimate of drug-likeness (QED) is 0.380. The Bertz CT molecular complexity index is 547. The van der Waals surface area contributed by atoms with Gasteiger partial charge in [0.05, 0.1) is 10.7 Å². The molecule has 0 aliphatic rings. The molecule has 0 saturated heterocycles. The Balaban J connectivity index is 2.81. The average molecular weight is 314 g/mol. The molecule has 1 aromatic carbocycles. The van der Waals surface area contributed by atoms with E-state index in [2.05, 4.69) is 26.3 Å². The minimum atomic E-state index is -0.154. The van der Waals surface area contributed by atoms with Crippen molar-refractivity contribution < 1.29 is 4.79 Å². The maximum atomic E-state index is 11.0. The van der Waals surface area contributed by atoms with Gasteiger partial charge in [0.15, 0.2) is 5.11 Å². The maximum Gasteiger partial charge on any atom is 0.221 e. The third kappa shape index (κ3) is 5.02. The summed E-state index contributed by atoms with van der Waals surface area (Å²) in [5.74, 6) is 0.303. The number of amides is 1. The van der Waals surface area contributed by atoms with E-state index in [4.69, 9.17) is 23.8 Å². The number of benzene rings is 1. The summed E-state index contributed by atoms with van der Waals surface area (Å²) in [5, 5.41) is 12.2. The monoisotopic (exact) mass is 313 g/mol. The molecular formula is C12H16ClN5OS. The van der Waals surface area contributed by atoms with Crippen LogP contribution in [-0.4, -0.2) is 31.1 Å². The number of hydrogen-bond acceptors (Lipinski definition) is 3. The van der Waals surface area contributed by atoms with Crippen LogP contribution in [0.2, 0.25) is 5.02 Å². The predicted octanol–water partition coefficient (Wildman–Crippen LogP) is 1.79. The highest BCUT2D eigenvalue weighted by Gasteiger charge is 2.06. The molecule has 8 heteroatoms. The van der Waals surface area contributed by atoms with Crippen molar-refractivity contribution >= 4 is 52.2 Å². The first-order chi connectivity index (χ1) is 9.46. The molecule has 0 unspecified atom stereocenters. The molecule has 0 aromatic heterocycles. The Morgan fingerprint density at radius 3 is 2.55 bits per heavy atom. The summed E-state index contributed by atoms with van der Waals surface area (Å²) >= 11 is 11.1. The van der Waals surface area contributed by atoms with Crippen molar-refractivity contribution in [2.75, 3.05) is 24.7 Å². The van der Waals surface area contributed by atoms with Gasteiger partial charge in [0.25, 0.3) is 0 Å². The summed E-state index contributed by atoms with van der Waals surface area (Å²) in [4.78, 5) is 15.0. The molecule has 108 valence electrons. The first kappa shape index (κ1) is 16.2. The Kier molecular flexibility index (Phi) is 6.20. The minimum absolute atomic E-state index is 0.154. The Morgan fingerprint density at radius 1 is 1.35 bits per heavy atom. The molecule has 1 rings (SSSR count). The number of aliphatic imine (C=N–C) groups is 1. The van der Waals surface area contributed by atoms with E-state index in [0.29, 0.717) is 27.5 Å². The zero-order valence-electron chi connectivity index (χ0n) is 11.4. The smallest absolute Gasteiger partial charge is 0.221 e. The second kappa shape index (κ2) is 7.66. The van der Waals surface area contributed by atoms with E-state index in [1.807, 2.05) is 0 Å². The van der Waals surface area contributed by atoms with Crippen LogP contribution >= 0.6 is 23.8 Å². The highest BCUT2D eigenvalue weighted by molar-refractivity contribution is 7.80. The molecule has 0 spiro atoms. The van der Waals surface area contributed by atoms with Crippen molar-refractivity contribution in [3.8, 4) is 0 Å². The summed E-state index contributed by atoms with van der Waals surface area (Å²) in [6, 6.07) is 5.12. The van der Waals surface area contributed by atoms with E-state index in [-0.39, 0.29) is 5.91 Å². The Labute approximate surface area is 128 Å². The van der Waals surface area contributed by atoms with E-state index in [1.165, 1.54) is 6.92 Å². The van der Waals surface area contributed by atoms with Crippen LogP contribution in [0.1, 0.15) is 6.92 Å². The normalized spacial score (nSPS) is 10.7. The van der Waals surface area contributed by atoms with E-state index < -0.39 is 0 Å². The molecule has 0 heterocycles. The summed E-state index contributed by atoms with van der Waals surface area (Å²) in [5.41, 5.74) is 1.27. The number of guanidine groups is 1.